The van der Waals surface area contributed by atoms with Crippen molar-refractivity contribution in [2.75, 3.05) is 0 Å². The van der Waals surface area contributed by atoms with Gasteiger partial charge in [-0.3, -0.25) is 0 Å². The first-order valence-corrected chi connectivity index (χ1v) is 8.83. The number of benzene rings is 1. The lowest BCUT2D eigenvalue weighted by molar-refractivity contribution is 0.101. The molecule has 2 atom stereocenters. The van der Waals surface area contributed by atoms with Crippen LogP contribution >= 0.6 is 15.9 Å². The number of nitrogens with one attached hydrogen (secondary N) is 1. The molecule has 0 aromatic heterocycles. The van der Waals surface area contributed by atoms with Gasteiger partial charge in [0.2, 0.25) is 10.0 Å². The average Bonchev–Trinajstić information content (AvgIpc) is 2.35. The third-order valence-corrected chi connectivity index (χ3v) is 5.23. The van der Waals surface area contributed by atoms with Gasteiger partial charge in [-0.25, -0.2) is 13.1 Å². The Hall–Kier alpha value is -0.430. The van der Waals surface area contributed by atoms with Crippen molar-refractivity contribution in [1.82, 2.24) is 4.72 Å². The highest BCUT2D eigenvalue weighted by molar-refractivity contribution is 9.10. The molecule has 106 valence electrons. The van der Waals surface area contributed by atoms with E-state index < -0.39 is 16.1 Å². The predicted molar refractivity (Wildman–Crippen MR) is 78.2 cm³/mol. The SMILES string of the molecule is O=S(=O)(Cc1ccc(Br)cc1)N[C@H]1CCCC[C@@H]1O. The minimum absolute atomic E-state index is 0.0521. The van der Waals surface area contributed by atoms with Crippen molar-refractivity contribution in [2.45, 2.75) is 43.6 Å². The maximum absolute atomic E-state index is 12.1. The first-order valence-electron chi connectivity index (χ1n) is 6.39. The van der Waals surface area contributed by atoms with Crippen molar-refractivity contribution in [3.8, 4) is 0 Å². The highest BCUT2D eigenvalue weighted by Crippen LogP contribution is 2.20. The normalized spacial score (nSPS) is 24.3. The van der Waals surface area contributed by atoms with Crippen LogP contribution in [-0.2, 0) is 15.8 Å². The lowest BCUT2D eigenvalue weighted by Crippen LogP contribution is -2.45. The molecule has 4 nitrogen and oxygen atoms in total. The van der Waals surface area contributed by atoms with Crippen molar-refractivity contribution in [3.63, 3.8) is 0 Å². The molecule has 2 N–H and O–H groups in total. The molecule has 0 unspecified atom stereocenters. The number of aliphatic hydroxyl groups is 1. The lowest BCUT2D eigenvalue weighted by atomic mass is 9.93. The largest absolute Gasteiger partial charge is 0.391 e. The maximum atomic E-state index is 12.1. The first-order chi connectivity index (χ1) is 8.96. The van der Waals surface area contributed by atoms with E-state index in [0.29, 0.717) is 12.8 Å². The summed E-state index contributed by atoms with van der Waals surface area (Å²) in [4.78, 5) is 0. The van der Waals surface area contributed by atoms with Gasteiger partial charge in [-0.15, -0.1) is 0 Å². The molecule has 6 heteroatoms. The maximum Gasteiger partial charge on any atom is 0.216 e. The smallest absolute Gasteiger partial charge is 0.216 e. The molecule has 1 saturated carbocycles. The Morgan fingerprint density at radius 3 is 2.47 bits per heavy atom. The second kappa shape index (κ2) is 6.35. The van der Waals surface area contributed by atoms with E-state index in [1.807, 2.05) is 12.1 Å². The van der Waals surface area contributed by atoms with Crippen molar-refractivity contribution in [2.24, 2.45) is 0 Å². The number of hydrogen-bond acceptors (Lipinski definition) is 3. The Labute approximate surface area is 122 Å². The number of rotatable bonds is 4. The standard InChI is InChI=1S/C13H18BrNO3S/c14-11-7-5-10(6-8-11)9-19(17,18)15-12-3-1-2-4-13(12)16/h5-8,12-13,15-16H,1-4,9H2/t12-,13-/m0/s1. The second-order valence-corrected chi connectivity index (χ2v) is 7.63. The molecule has 1 aromatic rings. The highest BCUT2D eigenvalue weighted by atomic mass is 79.9. The van der Waals surface area contributed by atoms with Crippen molar-refractivity contribution < 1.29 is 13.5 Å². The summed E-state index contributed by atoms with van der Waals surface area (Å²) in [5.74, 6) is -0.0521. The van der Waals surface area contributed by atoms with Crippen LogP contribution < -0.4 is 4.72 Å². The summed E-state index contributed by atoms with van der Waals surface area (Å²) < 4.78 is 27.7. The minimum Gasteiger partial charge on any atom is -0.391 e. The topological polar surface area (TPSA) is 66.4 Å². The van der Waals surface area contributed by atoms with Crippen LogP contribution in [0.4, 0.5) is 0 Å². The molecule has 0 spiro atoms. The summed E-state index contributed by atoms with van der Waals surface area (Å²) in [5, 5.41) is 9.80. The molecule has 0 saturated heterocycles. The summed E-state index contributed by atoms with van der Waals surface area (Å²) >= 11 is 3.31. The van der Waals surface area contributed by atoms with Crippen LogP contribution in [0.2, 0.25) is 0 Å². The Morgan fingerprint density at radius 2 is 1.84 bits per heavy atom. The second-order valence-electron chi connectivity index (χ2n) is 4.96. The first kappa shape index (κ1) is 15.0. The van der Waals surface area contributed by atoms with Crippen LogP contribution in [0.15, 0.2) is 28.7 Å². The molecular weight excluding hydrogens is 330 g/mol. The van der Waals surface area contributed by atoms with Gasteiger partial charge in [0.05, 0.1) is 11.9 Å². The van der Waals surface area contributed by atoms with E-state index in [-0.39, 0.29) is 11.8 Å². The zero-order valence-corrected chi connectivity index (χ0v) is 13.0. The fraction of sp³-hybridized carbons (Fsp3) is 0.538. The third-order valence-electron chi connectivity index (χ3n) is 3.33. The molecule has 0 aliphatic heterocycles. The number of sulfonamides is 1. The Kier molecular flexibility index (Phi) is 5.00. The zero-order chi connectivity index (χ0) is 13.9. The Bertz CT molecular complexity index is 515. The fourth-order valence-electron chi connectivity index (χ4n) is 2.32. The molecule has 0 amide bonds. The summed E-state index contributed by atoms with van der Waals surface area (Å²) in [7, 11) is -3.41. The van der Waals surface area contributed by atoms with Crippen LogP contribution in [0.3, 0.4) is 0 Å². The fourth-order valence-corrected chi connectivity index (χ4v) is 4.04. The minimum atomic E-state index is -3.41. The van der Waals surface area contributed by atoms with Crippen LogP contribution in [0.25, 0.3) is 0 Å². The van der Waals surface area contributed by atoms with Crippen LogP contribution in [-0.4, -0.2) is 25.7 Å². The van der Waals surface area contributed by atoms with Gasteiger partial charge < -0.3 is 5.11 Å². The molecule has 2 rings (SSSR count). The molecule has 1 aromatic carbocycles. The van der Waals surface area contributed by atoms with Gasteiger partial charge in [-0.1, -0.05) is 40.9 Å². The Balaban J connectivity index is 2.00. The summed E-state index contributed by atoms with van der Waals surface area (Å²) in [6.07, 6.45) is 2.74. The molecule has 0 heterocycles. The average molecular weight is 348 g/mol. The Morgan fingerprint density at radius 1 is 1.21 bits per heavy atom. The number of aliphatic hydroxyl groups excluding tert-OH is 1. The van der Waals surface area contributed by atoms with Gasteiger partial charge in [-0.05, 0) is 30.5 Å². The van der Waals surface area contributed by atoms with Crippen LogP contribution in [0, 0.1) is 0 Å². The zero-order valence-electron chi connectivity index (χ0n) is 10.5. The molecule has 0 bridgehead atoms. The third kappa shape index (κ3) is 4.56. The summed E-state index contributed by atoms with van der Waals surface area (Å²) in [5.41, 5.74) is 0.737. The van der Waals surface area contributed by atoms with Gasteiger partial charge in [0.15, 0.2) is 0 Å². The summed E-state index contributed by atoms with van der Waals surface area (Å²) in [6, 6.07) is 6.86. The van der Waals surface area contributed by atoms with Crippen molar-refractivity contribution in [1.29, 1.82) is 0 Å². The monoisotopic (exact) mass is 347 g/mol. The molecule has 1 fully saturated rings. The molecule has 1 aliphatic rings. The van der Waals surface area contributed by atoms with Gasteiger partial charge in [0.25, 0.3) is 0 Å². The van der Waals surface area contributed by atoms with Gasteiger partial charge in [-0.2, -0.15) is 0 Å². The van der Waals surface area contributed by atoms with Crippen molar-refractivity contribution in [3.05, 3.63) is 34.3 Å². The van der Waals surface area contributed by atoms with E-state index in [2.05, 4.69) is 20.7 Å². The molecule has 1 aliphatic carbocycles. The van der Waals surface area contributed by atoms with E-state index in [4.69, 9.17) is 0 Å². The molecule has 0 radical (unpaired) electrons. The van der Waals surface area contributed by atoms with E-state index >= 15 is 0 Å². The number of hydrogen-bond donors (Lipinski definition) is 2. The molecule has 19 heavy (non-hydrogen) atoms. The van der Waals surface area contributed by atoms with Gasteiger partial charge in [0, 0.05) is 10.5 Å². The van der Waals surface area contributed by atoms with Crippen molar-refractivity contribution >= 4 is 26.0 Å². The summed E-state index contributed by atoms with van der Waals surface area (Å²) in [6.45, 7) is 0. The lowest BCUT2D eigenvalue weighted by Gasteiger charge is -2.28. The van der Waals surface area contributed by atoms with E-state index in [0.717, 1.165) is 22.9 Å². The molecular formula is C13H18BrNO3S. The highest BCUT2D eigenvalue weighted by Gasteiger charge is 2.27. The van der Waals surface area contributed by atoms with E-state index in [1.54, 1.807) is 12.1 Å². The van der Waals surface area contributed by atoms with Gasteiger partial charge in [0.1, 0.15) is 0 Å². The van der Waals surface area contributed by atoms with Crippen LogP contribution in [0.1, 0.15) is 31.2 Å². The predicted octanol–water partition coefficient (Wildman–Crippen LogP) is 2.17. The van der Waals surface area contributed by atoms with Crippen LogP contribution in [0.5, 0.6) is 0 Å². The van der Waals surface area contributed by atoms with E-state index in [1.165, 1.54) is 0 Å². The number of halogens is 1. The van der Waals surface area contributed by atoms with E-state index in [9.17, 15) is 13.5 Å². The quantitative estimate of drug-likeness (QED) is 0.877. The van der Waals surface area contributed by atoms with Gasteiger partial charge >= 0.3 is 0 Å².